The molecule has 6 heteroatoms. The van der Waals surface area contributed by atoms with Gasteiger partial charge >= 0.3 is 0 Å². The van der Waals surface area contributed by atoms with Gasteiger partial charge in [-0.1, -0.05) is 19.1 Å². The van der Waals surface area contributed by atoms with E-state index < -0.39 is 0 Å². The van der Waals surface area contributed by atoms with E-state index in [4.69, 9.17) is 5.73 Å². The van der Waals surface area contributed by atoms with Crippen LogP contribution in [0.1, 0.15) is 41.3 Å². The molecule has 3 aromatic rings. The van der Waals surface area contributed by atoms with E-state index >= 15 is 0 Å². The molecule has 0 aliphatic heterocycles. The van der Waals surface area contributed by atoms with Crippen LogP contribution >= 0.6 is 0 Å². The van der Waals surface area contributed by atoms with Crippen molar-refractivity contribution in [2.24, 2.45) is 0 Å². The molecule has 0 saturated carbocycles. The van der Waals surface area contributed by atoms with Gasteiger partial charge in [0.15, 0.2) is 5.78 Å². The predicted molar refractivity (Wildman–Crippen MR) is 119 cm³/mol. The lowest BCUT2D eigenvalue weighted by Gasteiger charge is -2.19. The number of hydrogen-bond donors (Lipinski definition) is 1. The molecule has 30 heavy (non-hydrogen) atoms. The fraction of sp³-hybridized carbons (Fsp3) is 0.250. The first-order chi connectivity index (χ1) is 14.4. The molecule has 1 amide bonds. The average Bonchev–Trinajstić information content (AvgIpc) is 2.77. The number of benzene rings is 1. The summed E-state index contributed by atoms with van der Waals surface area (Å²) >= 11 is 0. The van der Waals surface area contributed by atoms with Crippen LogP contribution in [-0.4, -0.2) is 28.7 Å². The molecule has 0 radical (unpaired) electrons. The molecular weight excluding hydrogens is 376 g/mol. The van der Waals surface area contributed by atoms with Gasteiger partial charge in [0, 0.05) is 49.1 Å². The molecule has 2 N–H and O–H groups in total. The summed E-state index contributed by atoms with van der Waals surface area (Å²) in [4.78, 5) is 34.6. The highest BCUT2D eigenvalue weighted by molar-refractivity contribution is 5.96. The highest BCUT2D eigenvalue weighted by Gasteiger charge is 2.13. The molecule has 2 aromatic heterocycles. The molecule has 0 saturated heterocycles. The molecule has 3 rings (SSSR count). The minimum atomic E-state index is 0.0390. The molecule has 0 aliphatic rings. The molecule has 2 heterocycles. The van der Waals surface area contributed by atoms with Gasteiger partial charge in [-0.2, -0.15) is 0 Å². The fourth-order valence-corrected chi connectivity index (χ4v) is 3.28. The van der Waals surface area contributed by atoms with Crippen molar-refractivity contribution >= 4 is 23.2 Å². The van der Waals surface area contributed by atoms with E-state index in [0.29, 0.717) is 30.6 Å². The van der Waals surface area contributed by atoms with Crippen molar-refractivity contribution in [2.45, 2.75) is 33.1 Å². The van der Waals surface area contributed by atoms with E-state index in [1.807, 2.05) is 50.2 Å². The van der Waals surface area contributed by atoms with Crippen molar-refractivity contribution in [2.75, 3.05) is 17.7 Å². The summed E-state index contributed by atoms with van der Waals surface area (Å²) in [5.41, 5.74) is 10.8. The first-order valence-electron chi connectivity index (χ1n) is 9.96. The normalized spacial score (nSPS) is 10.6. The van der Waals surface area contributed by atoms with E-state index in [2.05, 4.69) is 9.97 Å². The Morgan fingerprint density at radius 3 is 2.43 bits per heavy atom. The number of carbonyl (C=O) groups is 2. The summed E-state index contributed by atoms with van der Waals surface area (Å²) < 4.78 is 0. The Morgan fingerprint density at radius 2 is 1.83 bits per heavy atom. The number of nitrogens with zero attached hydrogens (tertiary/aromatic N) is 3. The molecule has 1 aromatic carbocycles. The molecule has 0 atom stereocenters. The maximum absolute atomic E-state index is 12.5. The first kappa shape index (κ1) is 21.2. The number of carbonyl (C=O) groups excluding carboxylic acids is 2. The van der Waals surface area contributed by atoms with Crippen molar-refractivity contribution in [1.29, 1.82) is 0 Å². The van der Waals surface area contributed by atoms with Gasteiger partial charge in [0.25, 0.3) is 0 Å². The Hall–Kier alpha value is -3.54. The Kier molecular flexibility index (Phi) is 6.57. The monoisotopic (exact) mass is 402 g/mol. The molecule has 0 aliphatic carbocycles. The van der Waals surface area contributed by atoms with E-state index in [-0.39, 0.29) is 11.7 Å². The number of ketones is 1. The third-order valence-electron chi connectivity index (χ3n) is 5.10. The van der Waals surface area contributed by atoms with Crippen LogP contribution in [0.25, 0.3) is 11.3 Å². The molecule has 0 bridgehead atoms. The smallest absolute Gasteiger partial charge is 0.226 e. The number of Topliss-reactive ketones (excluding diaryl/α,β-unsaturated/α-hetero) is 1. The Balaban J connectivity index is 1.69. The van der Waals surface area contributed by atoms with Crippen LogP contribution in [0, 0.1) is 6.92 Å². The Morgan fingerprint density at radius 1 is 1.03 bits per heavy atom. The van der Waals surface area contributed by atoms with Crippen molar-refractivity contribution in [3.8, 4) is 11.3 Å². The lowest BCUT2D eigenvalue weighted by Crippen LogP contribution is -2.25. The van der Waals surface area contributed by atoms with Crippen LogP contribution in [0.5, 0.6) is 0 Å². The largest absolute Gasteiger partial charge is 0.384 e. The summed E-state index contributed by atoms with van der Waals surface area (Å²) in [6.45, 7) is 3.82. The zero-order valence-electron chi connectivity index (χ0n) is 17.6. The fourth-order valence-electron chi connectivity index (χ4n) is 3.28. The van der Waals surface area contributed by atoms with Crippen LogP contribution in [0.3, 0.4) is 0 Å². The molecule has 154 valence electrons. The van der Waals surface area contributed by atoms with E-state index in [1.54, 1.807) is 30.4 Å². The second-order valence-corrected chi connectivity index (χ2v) is 7.25. The van der Waals surface area contributed by atoms with Crippen LogP contribution in [0.4, 0.5) is 11.5 Å². The highest BCUT2D eigenvalue weighted by Crippen LogP contribution is 2.26. The number of aryl methyl sites for hydroxylation is 2. The van der Waals surface area contributed by atoms with E-state index in [9.17, 15) is 9.59 Å². The van der Waals surface area contributed by atoms with Crippen LogP contribution in [0.15, 0.2) is 54.9 Å². The topological polar surface area (TPSA) is 89.2 Å². The number of pyridine rings is 2. The van der Waals surface area contributed by atoms with Crippen molar-refractivity contribution < 1.29 is 9.59 Å². The highest BCUT2D eigenvalue weighted by atomic mass is 16.2. The van der Waals surface area contributed by atoms with Crippen LogP contribution < -0.4 is 10.6 Å². The van der Waals surface area contributed by atoms with Crippen molar-refractivity contribution in [3.63, 3.8) is 0 Å². The molecule has 0 fully saturated rings. The second kappa shape index (κ2) is 9.31. The predicted octanol–water partition coefficient (Wildman–Crippen LogP) is 4.22. The summed E-state index contributed by atoms with van der Waals surface area (Å²) in [5.74, 6) is 0.579. The second-order valence-electron chi connectivity index (χ2n) is 7.25. The van der Waals surface area contributed by atoms with Gasteiger partial charge in [0.1, 0.15) is 5.82 Å². The van der Waals surface area contributed by atoms with Gasteiger partial charge in [0.2, 0.25) is 5.91 Å². The van der Waals surface area contributed by atoms with Gasteiger partial charge in [-0.25, -0.2) is 4.98 Å². The number of rotatable bonds is 7. The standard InChI is InChI=1S/C24H26N4O2/c1-4-24(30)28(3)21-10-8-18(13-16(21)2)20-9-7-19(15-26-20)22(29)11-5-17-6-12-23(25)27-14-17/h6-10,12-15H,4-5,11H2,1-3H3,(H2,25,27). The molecule has 6 nitrogen and oxygen atoms in total. The van der Waals surface area contributed by atoms with Gasteiger partial charge < -0.3 is 10.6 Å². The number of anilines is 2. The number of aromatic nitrogens is 2. The molecular formula is C24H26N4O2. The zero-order chi connectivity index (χ0) is 21.7. The Bertz CT molecular complexity index is 1040. The summed E-state index contributed by atoms with van der Waals surface area (Å²) in [6.07, 6.45) is 4.77. The van der Waals surface area contributed by atoms with E-state index in [0.717, 1.165) is 28.1 Å². The third kappa shape index (κ3) is 4.89. The van der Waals surface area contributed by atoms with Gasteiger partial charge in [-0.05, 0) is 54.8 Å². The molecule has 0 spiro atoms. The number of nitrogens with two attached hydrogens (primary N) is 1. The van der Waals surface area contributed by atoms with Gasteiger partial charge in [-0.15, -0.1) is 0 Å². The van der Waals surface area contributed by atoms with E-state index in [1.165, 1.54) is 0 Å². The summed E-state index contributed by atoms with van der Waals surface area (Å²) in [7, 11) is 1.78. The van der Waals surface area contributed by atoms with Crippen molar-refractivity contribution in [1.82, 2.24) is 9.97 Å². The third-order valence-corrected chi connectivity index (χ3v) is 5.10. The van der Waals surface area contributed by atoms with Crippen LogP contribution in [0.2, 0.25) is 0 Å². The minimum Gasteiger partial charge on any atom is -0.384 e. The van der Waals surface area contributed by atoms with Crippen LogP contribution in [-0.2, 0) is 11.2 Å². The first-order valence-corrected chi connectivity index (χ1v) is 9.96. The lowest BCUT2D eigenvalue weighted by molar-refractivity contribution is -0.118. The molecule has 0 unspecified atom stereocenters. The quantitative estimate of drug-likeness (QED) is 0.598. The number of nitrogen functional groups attached to an aromatic ring is 1. The van der Waals surface area contributed by atoms with Gasteiger partial charge in [-0.3, -0.25) is 14.6 Å². The van der Waals surface area contributed by atoms with Gasteiger partial charge in [0.05, 0.1) is 5.69 Å². The number of hydrogen-bond acceptors (Lipinski definition) is 5. The summed E-state index contributed by atoms with van der Waals surface area (Å²) in [6, 6.07) is 13.2. The number of amides is 1. The minimum absolute atomic E-state index is 0.0390. The van der Waals surface area contributed by atoms with Crippen molar-refractivity contribution in [3.05, 3.63) is 71.5 Å². The maximum Gasteiger partial charge on any atom is 0.226 e. The maximum atomic E-state index is 12.5. The zero-order valence-corrected chi connectivity index (χ0v) is 17.6. The summed E-state index contributed by atoms with van der Waals surface area (Å²) in [5, 5.41) is 0. The lowest BCUT2D eigenvalue weighted by atomic mass is 10.0. The average molecular weight is 402 g/mol. The Labute approximate surface area is 176 Å². The SMILES string of the molecule is CCC(=O)N(C)c1ccc(-c2ccc(C(=O)CCc3ccc(N)nc3)cn2)cc1C.